The van der Waals surface area contributed by atoms with Gasteiger partial charge in [0.25, 0.3) is 0 Å². The van der Waals surface area contributed by atoms with E-state index in [1.54, 1.807) is 23.0 Å². The van der Waals surface area contributed by atoms with Crippen molar-refractivity contribution in [2.75, 3.05) is 19.9 Å². The van der Waals surface area contributed by atoms with Crippen LogP contribution in [0.3, 0.4) is 0 Å². The van der Waals surface area contributed by atoms with Crippen LogP contribution in [0, 0.1) is 6.92 Å². The van der Waals surface area contributed by atoms with E-state index in [1.165, 1.54) is 17.5 Å². The van der Waals surface area contributed by atoms with Crippen molar-refractivity contribution in [1.29, 1.82) is 0 Å². The minimum absolute atomic E-state index is 0.219. The van der Waals surface area contributed by atoms with Gasteiger partial charge >= 0.3 is 0 Å². The fraction of sp³-hybridized carbons (Fsp3) is 0.571. The number of nitrogens with zero attached hydrogens (tertiary/aromatic N) is 5. The van der Waals surface area contributed by atoms with Crippen LogP contribution < -0.4 is 10.1 Å². The molecule has 2 fully saturated rings. The predicted molar refractivity (Wildman–Crippen MR) is 157 cm³/mol. The number of hydrogen-bond donors (Lipinski definition) is 2. The molecule has 0 bridgehead atoms. The SMILES string of the molecule is COc1cc(-c2n[nH]c(-c3nc(C)c(C4CCC(NCC5(S(C)(=O)=O)CC5)CC4)s3)c2C(C)C)cn2ncnc12. The highest BCUT2D eigenvalue weighted by atomic mass is 32.2. The fourth-order valence-corrected chi connectivity index (χ4v) is 8.51. The average Bonchev–Trinajstić information content (AvgIpc) is 3.24. The first-order valence-corrected chi connectivity index (χ1v) is 16.7. The van der Waals surface area contributed by atoms with Gasteiger partial charge in [-0.1, -0.05) is 13.8 Å². The van der Waals surface area contributed by atoms with Gasteiger partial charge in [0.2, 0.25) is 0 Å². The van der Waals surface area contributed by atoms with Gasteiger partial charge in [0.1, 0.15) is 11.3 Å². The molecule has 0 aliphatic heterocycles. The van der Waals surface area contributed by atoms with E-state index in [0.717, 1.165) is 71.7 Å². The van der Waals surface area contributed by atoms with Crippen molar-refractivity contribution in [1.82, 2.24) is 35.1 Å². The number of nitrogens with one attached hydrogen (secondary N) is 2. The molecule has 0 radical (unpaired) electrons. The Morgan fingerprint density at radius 3 is 2.65 bits per heavy atom. The molecule has 12 heteroatoms. The number of rotatable bonds is 9. The average molecular weight is 584 g/mol. The van der Waals surface area contributed by atoms with E-state index in [1.807, 2.05) is 12.3 Å². The highest BCUT2D eigenvalue weighted by Gasteiger charge is 2.51. The van der Waals surface area contributed by atoms with Gasteiger partial charge in [-0.3, -0.25) is 5.10 Å². The molecule has 4 heterocycles. The lowest BCUT2D eigenvalue weighted by atomic mass is 9.84. The van der Waals surface area contributed by atoms with E-state index in [4.69, 9.17) is 14.8 Å². The molecular formula is C28H37N7O3S2. The maximum Gasteiger partial charge on any atom is 0.197 e. The summed E-state index contributed by atoms with van der Waals surface area (Å²) in [4.78, 5) is 10.7. The standard InChI is InChI=1S/C28H37N7O3S2/c1-16(2)22-23(19-12-21(38-4)26-30-15-31-35(26)13-19)33-34-24(22)27-32-17(3)25(39-27)18-6-8-20(9-7-18)29-14-28(10-11-28)40(5,36)37/h12-13,15-16,18,20,29H,6-11,14H2,1-5H3,(H,33,34). The topological polar surface area (TPSA) is 127 Å². The van der Waals surface area contributed by atoms with Crippen LogP contribution in [0.2, 0.25) is 0 Å². The zero-order valence-corrected chi connectivity index (χ0v) is 25.3. The Hall–Kier alpha value is -2.83. The molecule has 10 nitrogen and oxygen atoms in total. The third kappa shape index (κ3) is 4.83. The van der Waals surface area contributed by atoms with Crippen LogP contribution in [0.4, 0.5) is 0 Å². The van der Waals surface area contributed by atoms with Gasteiger partial charge in [0.15, 0.2) is 21.2 Å². The van der Waals surface area contributed by atoms with E-state index in [0.29, 0.717) is 29.9 Å². The number of H-pyrrole nitrogens is 1. The number of fused-ring (bicyclic) bond motifs is 1. The van der Waals surface area contributed by atoms with Crippen molar-refractivity contribution in [3.63, 3.8) is 0 Å². The van der Waals surface area contributed by atoms with Crippen LogP contribution in [0.15, 0.2) is 18.6 Å². The maximum absolute atomic E-state index is 12.1. The van der Waals surface area contributed by atoms with E-state index < -0.39 is 14.6 Å². The summed E-state index contributed by atoms with van der Waals surface area (Å²) in [5.74, 6) is 1.34. The summed E-state index contributed by atoms with van der Waals surface area (Å²) in [5.41, 5.74) is 5.61. The monoisotopic (exact) mass is 583 g/mol. The van der Waals surface area contributed by atoms with Gasteiger partial charge < -0.3 is 10.1 Å². The Kier molecular flexibility index (Phi) is 6.99. The summed E-state index contributed by atoms with van der Waals surface area (Å²) in [6.07, 6.45) is 10.7. The molecule has 0 atom stereocenters. The van der Waals surface area contributed by atoms with E-state index >= 15 is 0 Å². The number of pyridine rings is 1. The molecule has 6 rings (SSSR count). The quantitative estimate of drug-likeness (QED) is 0.286. The Bertz CT molecular complexity index is 1640. The van der Waals surface area contributed by atoms with Crippen molar-refractivity contribution >= 4 is 26.8 Å². The summed E-state index contributed by atoms with van der Waals surface area (Å²) in [6, 6.07) is 2.34. The van der Waals surface area contributed by atoms with Crippen LogP contribution in [0.5, 0.6) is 5.75 Å². The van der Waals surface area contributed by atoms with Gasteiger partial charge in [-0.05, 0) is 63.4 Å². The lowest BCUT2D eigenvalue weighted by Crippen LogP contribution is -2.41. The second-order valence-corrected chi connectivity index (χ2v) is 15.1. The first-order valence-electron chi connectivity index (χ1n) is 14.0. The molecule has 2 aliphatic rings. The molecule has 2 N–H and O–H groups in total. The van der Waals surface area contributed by atoms with Crippen molar-refractivity contribution in [3.8, 4) is 27.7 Å². The molecule has 0 saturated heterocycles. The second-order valence-electron chi connectivity index (χ2n) is 11.7. The zero-order valence-electron chi connectivity index (χ0n) is 23.7. The zero-order chi connectivity index (χ0) is 28.2. The Balaban J connectivity index is 1.21. The number of aromatic nitrogens is 6. The molecule has 2 aliphatic carbocycles. The number of hydrogen-bond acceptors (Lipinski definition) is 9. The van der Waals surface area contributed by atoms with E-state index in [9.17, 15) is 8.42 Å². The van der Waals surface area contributed by atoms with Crippen molar-refractivity contribution in [2.45, 2.75) is 81.9 Å². The number of sulfone groups is 1. The third-order valence-electron chi connectivity index (χ3n) is 8.67. The number of aryl methyl sites for hydroxylation is 1. The van der Waals surface area contributed by atoms with Gasteiger partial charge in [-0.15, -0.1) is 11.3 Å². The maximum atomic E-state index is 12.1. The number of aromatic amines is 1. The molecule has 0 aromatic carbocycles. The molecule has 4 aromatic heterocycles. The molecule has 0 unspecified atom stereocenters. The van der Waals surface area contributed by atoms with Crippen molar-refractivity contribution in [2.24, 2.45) is 0 Å². The number of methoxy groups -OCH3 is 1. The van der Waals surface area contributed by atoms with Gasteiger partial charge in [-0.25, -0.2) is 22.9 Å². The van der Waals surface area contributed by atoms with Crippen LogP contribution in [0.25, 0.3) is 27.6 Å². The highest BCUT2D eigenvalue weighted by Crippen LogP contribution is 2.45. The minimum Gasteiger partial charge on any atom is -0.493 e. The summed E-state index contributed by atoms with van der Waals surface area (Å²) in [6.45, 7) is 7.04. The molecule has 2 saturated carbocycles. The van der Waals surface area contributed by atoms with E-state index in [-0.39, 0.29) is 5.92 Å². The number of ether oxygens (including phenoxy) is 1. The second kappa shape index (κ2) is 10.2. The summed E-state index contributed by atoms with van der Waals surface area (Å²) in [7, 11) is -1.37. The Labute approximate surface area is 238 Å². The first-order chi connectivity index (χ1) is 19.1. The Morgan fingerprint density at radius 2 is 2.00 bits per heavy atom. The fourth-order valence-electron chi connectivity index (χ4n) is 6.07. The molecular weight excluding hydrogens is 546 g/mol. The summed E-state index contributed by atoms with van der Waals surface area (Å²) < 4.78 is 31.1. The minimum atomic E-state index is -3.00. The third-order valence-corrected chi connectivity index (χ3v) is 12.1. The number of thiazole rings is 1. The molecule has 0 spiro atoms. The van der Waals surface area contributed by atoms with Crippen molar-refractivity contribution in [3.05, 3.63) is 34.7 Å². The predicted octanol–water partition coefficient (Wildman–Crippen LogP) is 4.88. The largest absolute Gasteiger partial charge is 0.493 e. The van der Waals surface area contributed by atoms with Gasteiger partial charge in [-0.2, -0.15) is 10.2 Å². The molecule has 40 heavy (non-hydrogen) atoms. The van der Waals surface area contributed by atoms with Crippen LogP contribution in [0.1, 0.15) is 80.3 Å². The highest BCUT2D eigenvalue weighted by molar-refractivity contribution is 7.92. The Morgan fingerprint density at radius 1 is 1.25 bits per heavy atom. The van der Waals surface area contributed by atoms with Crippen LogP contribution in [-0.4, -0.2) is 68.9 Å². The van der Waals surface area contributed by atoms with Gasteiger partial charge in [0, 0.05) is 41.0 Å². The van der Waals surface area contributed by atoms with Crippen LogP contribution in [-0.2, 0) is 9.84 Å². The van der Waals surface area contributed by atoms with Crippen molar-refractivity contribution < 1.29 is 13.2 Å². The summed E-state index contributed by atoms with van der Waals surface area (Å²) in [5, 5.41) is 16.9. The molecule has 214 valence electrons. The lowest BCUT2D eigenvalue weighted by Gasteiger charge is -2.30. The van der Waals surface area contributed by atoms with E-state index in [2.05, 4.69) is 41.3 Å². The van der Waals surface area contributed by atoms with Gasteiger partial charge in [0.05, 0.1) is 28.9 Å². The smallest absolute Gasteiger partial charge is 0.197 e. The summed E-state index contributed by atoms with van der Waals surface area (Å²) >= 11 is 1.77. The molecule has 4 aromatic rings. The lowest BCUT2D eigenvalue weighted by molar-refractivity contribution is 0.342. The first kappa shape index (κ1) is 27.3. The molecule has 0 amide bonds. The normalized spacial score (nSPS) is 20.9. The van der Waals surface area contributed by atoms with Crippen LogP contribution >= 0.6 is 11.3 Å².